The summed E-state index contributed by atoms with van der Waals surface area (Å²) in [6.07, 6.45) is 4.81. The van der Waals surface area contributed by atoms with Crippen LogP contribution in [0.5, 0.6) is 11.5 Å². The van der Waals surface area contributed by atoms with E-state index in [1.165, 1.54) is 5.56 Å². The third kappa shape index (κ3) is 8.87. The molecule has 0 aromatic heterocycles. The molecule has 40 heavy (non-hydrogen) atoms. The van der Waals surface area contributed by atoms with E-state index in [0.29, 0.717) is 28.8 Å². The number of rotatable bonds is 11. The topological polar surface area (TPSA) is 91.0 Å². The van der Waals surface area contributed by atoms with Crippen molar-refractivity contribution >= 4 is 39.0 Å². The smallest absolute Gasteiger partial charge is 0.322 e. The first-order chi connectivity index (χ1) is 19.2. The first-order valence-electron chi connectivity index (χ1n) is 13.6. The lowest BCUT2D eigenvalue weighted by Gasteiger charge is -2.34. The van der Waals surface area contributed by atoms with E-state index in [4.69, 9.17) is 16.3 Å². The van der Waals surface area contributed by atoms with Gasteiger partial charge in [0.15, 0.2) is 0 Å². The lowest BCUT2D eigenvalue weighted by Crippen LogP contribution is -2.49. The molecule has 0 saturated carbocycles. The number of likely N-dealkylation sites (tertiary alicyclic amines) is 1. The maximum absolute atomic E-state index is 13.2. The normalized spacial score (nSPS) is 14.5. The number of ether oxygens (including phenoxy) is 1. The molecule has 8 nitrogen and oxygen atoms in total. The van der Waals surface area contributed by atoms with Gasteiger partial charge < -0.3 is 10.1 Å². The fraction of sp³-hybridized carbons (Fsp3) is 0.367. The van der Waals surface area contributed by atoms with E-state index in [0.717, 1.165) is 57.3 Å². The molecule has 0 radical (unpaired) electrons. The number of unbranched alkanes of at least 4 members (excludes halogenated alkanes) is 1. The molecular weight excluding hydrogens is 548 g/mol. The van der Waals surface area contributed by atoms with Crippen molar-refractivity contribution in [2.75, 3.05) is 35.5 Å². The van der Waals surface area contributed by atoms with Gasteiger partial charge in [-0.1, -0.05) is 49.2 Å². The summed E-state index contributed by atoms with van der Waals surface area (Å²) in [5, 5.41) is 3.82. The van der Waals surface area contributed by atoms with Crippen LogP contribution >= 0.6 is 11.6 Å². The van der Waals surface area contributed by atoms with Gasteiger partial charge in [0.25, 0.3) is 0 Å². The Kier molecular flexibility index (Phi) is 10.3. The summed E-state index contributed by atoms with van der Waals surface area (Å²) in [6.45, 7) is 5.38. The van der Waals surface area contributed by atoms with Gasteiger partial charge >= 0.3 is 6.03 Å². The summed E-state index contributed by atoms with van der Waals surface area (Å²) >= 11 is 6.40. The second-order valence-electron chi connectivity index (χ2n) is 10.1. The van der Waals surface area contributed by atoms with Crippen LogP contribution in [-0.2, 0) is 16.6 Å². The summed E-state index contributed by atoms with van der Waals surface area (Å²) in [4.78, 5) is 17.3. The van der Waals surface area contributed by atoms with Crippen LogP contribution in [0.1, 0.15) is 38.2 Å². The third-order valence-corrected chi connectivity index (χ3v) is 7.69. The van der Waals surface area contributed by atoms with E-state index in [2.05, 4.69) is 34.0 Å². The van der Waals surface area contributed by atoms with Crippen molar-refractivity contribution < 1.29 is 17.9 Å². The van der Waals surface area contributed by atoms with Crippen molar-refractivity contribution in [3.05, 3.63) is 83.4 Å². The molecule has 3 aromatic rings. The van der Waals surface area contributed by atoms with Gasteiger partial charge in [-0.05, 0) is 73.4 Å². The van der Waals surface area contributed by atoms with Crippen molar-refractivity contribution in [2.24, 2.45) is 0 Å². The Labute approximate surface area is 242 Å². The first kappa shape index (κ1) is 29.7. The zero-order valence-electron chi connectivity index (χ0n) is 23.0. The molecule has 2 amide bonds. The maximum Gasteiger partial charge on any atom is 0.322 e. The third-order valence-electron chi connectivity index (χ3n) is 6.76. The van der Waals surface area contributed by atoms with E-state index >= 15 is 0 Å². The van der Waals surface area contributed by atoms with Crippen molar-refractivity contribution in [1.82, 2.24) is 10.2 Å². The van der Waals surface area contributed by atoms with Crippen molar-refractivity contribution in [3.63, 3.8) is 0 Å². The second-order valence-corrected chi connectivity index (χ2v) is 12.3. The lowest BCUT2D eigenvalue weighted by molar-refractivity contribution is 0.188. The minimum absolute atomic E-state index is 0.0862. The Morgan fingerprint density at radius 3 is 2.23 bits per heavy atom. The lowest BCUT2D eigenvalue weighted by atomic mass is 10.0. The molecular formula is C30H37ClN4O4S. The summed E-state index contributed by atoms with van der Waals surface area (Å²) in [5.41, 5.74) is 2.43. The number of anilines is 2. The van der Waals surface area contributed by atoms with Crippen LogP contribution in [0.2, 0.25) is 5.02 Å². The highest BCUT2D eigenvalue weighted by molar-refractivity contribution is 7.92. The Morgan fingerprint density at radius 2 is 1.62 bits per heavy atom. The number of carbonyl (C=O) groups is 1. The zero-order chi connectivity index (χ0) is 28.5. The van der Waals surface area contributed by atoms with Crippen LogP contribution in [0.3, 0.4) is 0 Å². The molecule has 0 atom stereocenters. The van der Waals surface area contributed by atoms with E-state index in [9.17, 15) is 13.2 Å². The van der Waals surface area contributed by atoms with Crippen LogP contribution in [0.4, 0.5) is 16.2 Å². The first-order valence-corrected chi connectivity index (χ1v) is 15.9. The van der Waals surface area contributed by atoms with Crippen LogP contribution < -0.4 is 19.7 Å². The molecule has 0 aliphatic carbocycles. The zero-order valence-corrected chi connectivity index (χ0v) is 24.5. The van der Waals surface area contributed by atoms with Gasteiger partial charge in [0.1, 0.15) is 11.5 Å². The van der Waals surface area contributed by atoms with Gasteiger partial charge in [-0.15, -0.1) is 0 Å². The average molecular weight is 585 g/mol. The van der Waals surface area contributed by atoms with Crippen molar-refractivity contribution in [1.29, 1.82) is 0 Å². The van der Waals surface area contributed by atoms with E-state index in [-0.39, 0.29) is 12.1 Å². The average Bonchev–Trinajstić information content (AvgIpc) is 2.92. The molecule has 1 aliphatic rings. The number of nitrogens with zero attached hydrogens (tertiary/aromatic N) is 2. The van der Waals surface area contributed by atoms with Gasteiger partial charge in [-0.25, -0.2) is 13.2 Å². The number of carbonyl (C=O) groups excluding carboxylic acids is 1. The maximum atomic E-state index is 13.2. The number of benzene rings is 3. The fourth-order valence-electron chi connectivity index (χ4n) is 4.67. The van der Waals surface area contributed by atoms with E-state index < -0.39 is 10.0 Å². The Hall–Kier alpha value is -3.27. The Bertz CT molecular complexity index is 1360. The summed E-state index contributed by atoms with van der Waals surface area (Å²) in [7, 11) is -3.31. The molecule has 10 heteroatoms. The molecule has 214 valence electrons. The summed E-state index contributed by atoms with van der Waals surface area (Å²) < 4.78 is 31.0. The molecule has 0 bridgehead atoms. The molecule has 1 heterocycles. The predicted molar refractivity (Wildman–Crippen MR) is 162 cm³/mol. The predicted octanol–water partition coefficient (Wildman–Crippen LogP) is 6.48. The van der Waals surface area contributed by atoms with Gasteiger partial charge in [0, 0.05) is 37.9 Å². The molecule has 0 unspecified atom stereocenters. The molecule has 1 aliphatic heterocycles. The number of nitrogens with one attached hydrogen (secondary N) is 2. The molecule has 1 saturated heterocycles. The molecule has 3 aromatic carbocycles. The number of sulfonamides is 1. The quantitative estimate of drug-likeness (QED) is 0.269. The highest BCUT2D eigenvalue weighted by Gasteiger charge is 2.24. The standard InChI is InChI=1S/C30H37ClN4O4S/c1-3-4-19-35(29-8-6-5-7-28(29)31)30(36)32-24-17-20-34(21-18-24)22-23-9-13-26(14-10-23)39-27-15-11-25(12-16-27)33-40(2,37)38/h5-16,24,33H,3-4,17-22H2,1-2H3,(H,32,36). The van der Waals surface area contributed by atoms with Crippen LogP contribution in [0, 0.1) is 0 Å². The summed E-state index contributed by atoms with van der Waals surface area (Å²) in [6, 6.07) is 22.3. The van der Waals surface area contributed by atoms with Crippen molar-refractivity contribution in [3.8, 4) is 11.5 Å². The minimum atomic E-state index is -3.31. The highest BCUT2D eigenvalue weighted by Crippen LogP contribution is 2.27. The monoisotopic (exact) mass is 584 g/mol. The van der Waals surface area contributed by atoms with Crippen molar-refractivity contribution in [2.45, 2.75) is 45.2 Å². The van der Waals surface area contributed by atoms with Crippen LogP contribution in [0.15, 0.2) is 72.8 Å². The summed E-state index contributed by atoms with van der Waals surface area (Å²) in [5.74, 6) is 1.33. The van der Waals surface area contributed by atoms with Gasteiger partial charge in [0.05, 0.1) is 17.0 Å². The highest BCUT2D eigenvalue weighted by atomic mass is 35.5. The number of hydrogen-bond acceptors (Lipinski definition) is 5. The van der Waals surface area contributed by atoms with E-state index in [1.54, 1.807) is 29.2 Å². The Balaban J connectivity index is 1.25. The molecule has 2 N–H and O–H groups in total. The number of halogens is 1. The fourth-order valence-corrected chi connectivity index (χ4v) is 5.47. The van der Waals surface area contributed by atoms with Gasteiger partial charge in [-0.2, -0.15) is 0 Å². The second kappa shape index (κ2) is 13.9. The number of hydrogen-bond donors (Lipinski definition) is 2. The van der Waals surface area contributed by atoms with E-state index in [1.807, 2.05) is 36.4 Å². The SMILES string of the molecule is CCCCN(C(=O)NC1CCN(Cc2ccc(Oc3ccc(NS(C)(=O)=O)cc3)cc2)CC1)c1ccccc1Cl. The van der Waals surface area contributed by atoms with Gasteiger partial charge in [-0.3, -0.25) is 14.5 Å². The largest absolute Gasteiger partial charge is 0.457 e. The number of urea groups is 1. The number of para-hydroxylation sites is 1. The molecule has 4 rings (SSSR count). The van der Waals surface area contributed by atoms with Crippen LogP contribution in [-0.4, -0.2) is 51.3 Å². The Morgan fingerprint density at radius 1 is 1.00 bits per heavy atom. The van der Waals surface area contributed by atoms with Crippen LogP contribution in [0.25, 0.3) is 0 Å². The minimum Gasteiger partial charge on any atom is -0.457 e. The van der Waals surface area contributed by atoms with Gasteiger partial charge in [0.2, 0.25) is 10.0 Å². The number of amides is 2. The molecule has 1 fully saturated rings. The number of piperidine rings is 1. The molecule has 0 spiro atoms.